The molecule has 2 aliphatic rings. The third-order valence-electron chi connectivity index (χ3n) is 6.17. The zero-order chi connectivity index (χ0) is 25.8. The van der Waals surface area contributed by atoms with E-state index < -0.39 is 25.7 Å². The van der Waals surface area contributed by atoms with Gasteiger partial charge in [0, 0.05) is 29.8 Å². The lowest BCUT2D eigenvalue weighted by Gasteiger charge is -2.25. The van der Waals surface area contributed by atoms with Crippen molar-refractivity contribution in [1.82, 2.24) is 5.32 Å². The average Bonchev–Trinajstić information content (AvgIpc) is 3.43. The Morgan fingerprint density at radius 1 is 1.11 bits per heavy atom. The molecule has 1 N–H and O–H groups in total. The Morgan fingerprint density at radius 3 is 2.36 bits per heavy atom. The average molecular weight is 536 g/mol. The maximum Gasteiger partial charge on any atom is 0.232 e. The lowest BCUT2D eigenvalue weighted by molar-refractivity contribution is 0.0874. The van der Waals surface area contributed by atoms with Crippen molar-refractivity contribution in [2.75, 3.05) is 29.1 Å². The van der Waals surface area contributed by atoms with Gasteiger partial charge in [0.2, 0.25) is 10.0 Å². The number of sulfonamides is 1. The number of hydrogen-bond acceptors (Lipinski definition) is 8. The second-order valence-corrected chi connectivity index (χ2v) is 13.5. The van der Waals surface area contributed by atoms with Gasteiger partial charge in [-0.1, -0.05) is 5.16 Å². The van der Waals surface area contributed by atoms with Gasteiger partial charge in [0.05, 0.1) is 23.3 Å². The Hall–Kier alpha value is -3.12. The first-order valence-electron chi connectivity index (χ1n) is 11.4. The van der Waals surface area contributed by atoms with Crippen molar-refractivity contribution in [2.45, 2.75) is 31.9 Å². The van der Waals surface area contributed by atoms with E-state index in [2.05, 4.69) is 10.5 Å². The summed E-state index contributed by atoms with van der Waals surface area (Å²) in [6, 6.07) is 9.37. The van der Waals surface area contributed by atoms with Crippen LogP contribution in [0.2, 0.25) is 0 Å². The van der Waals surface area contributed by atoms with E-state index in [1.54, 1.807) is 25.1 Å². The summed E-state index contributed by atoms with van der Waals surface area (Å²) in [5.41, 5.74) is 2.81. The van der Waals surface area contributed by atoms with Crippen molar-refractivity contribution in [3.8, 4) is 11.3 Å². The van der Waals surface area contributed by atoms with E-state index in [0.717, 1.165) is 35.2 Å². The van der Waals surface area contributed by atoms with E-state index in [9.17, 15) is 21.2 Å². The first kappa shape index (κ1) is 24.6. The van der Waals surface area contributed by atoms with Crippen LogP contribution >= 0.6 is 0 Å². The minimum absolute atomic E-state index is 0.137. The highest BCUT2D eigenvalue weighted by Crippen LogP contribution is 2.48. The molecule has 0 bridgehead atoms. The van der Waals surface area contributed by atoms with Gasteiger partial charge in [-0.3, -0.25) is 4.31 Å². The molecule has 12 heteroatoms. The molecule has 9 nitrogen and oxygen atoms in total. The molecule has 1 aliphatic carbocycles. The minimum atomic E-state index is -3.79. The molecular formula is C24H26FN3O6S2. The first-order chi connectivity index (χ1) is 16.9. The van der Waals surface area contributed by atoms with E-state index in [4.69, 9.17) is 9.25 Å². The number of anilines is 1. The molecule has 0 amide bonds. The van der Waals surface area contributed by atoms with Gasteiger partial charge in [-0.05, 0) is 61.6 Å². The molecule has 1 unspecified atom stereocenters. The molecule has 36 heavy (non-hydrogen) atoms. The van der Waals surface area contributed by atoms with Crippen molar-refractivity contribution >= 4 is 42.4 Å². The standard InChI is InChI=1S/C24H26FN3O6S2/c1-14-26-24(27-34-14)22-19-12-18(15-4-5-15)20(28(36(3,31)32)10-11-35(2,29)30)13-21(19)33-23(22)16-6-8-17(25)9-7-16/h6-9,12-15H,4-5,10-11H2,1-3H3,(H,26,27). The van der Waals surface area contributed by atoms with Gasteiger partial charge in [0.1, 0.15) is 27.0 Å². The maximum absolute atomic E-state index is 13.6. The third-order valence-corrected chi connectivity index (χ3v) is 8.28. The number of furan rings is 1. The van der Waals surface area contributed by atoms with Crippen LogP contribution in [0.1, 0.15) is 36.8 Å². The van der Waals surface area contributed by atoms with E-state index >= 15 is 0 Å². The molecule has 2 aromatic carbocycles. The van der Waals surface area contributed by atoms with Crippen LogP contribution in [-0.4, -0.2) is 53.7 Å². The first-order valence-corrected chi connectivity index (χ1v) is 15.3. The summed E-state index contributed by atoms with van der Waals surface area (Å²) in [7, 11) is -7.19. The van der Waals surface area contributed by atoms with Crippen LogP contribution in [0.5, 0.6) is 0 Å². The van der Waals surface area contributed by atoms with Crippen molar-refractivity contribution in [2.24, 2.45) is 5.16 Å². The molecular weight excluding hydrogens is 509 g/mol. The fourth-order valence-electron chi connectivity index (χ4n) is 4.33. The van der Waals surface area contributed by atoms with Crippen molar-refractivity contribution in [1.29, 1.82) is 0 Å². The highest BCUT2D eigenvalue weighted by atomic mass is 32.2. The lowest BCUT2D eigenvalue weighted by Crippen LogP contribution is -2.35. The highest BCUT2D eigenvalue weighted by Gasteiger charge is 2.34. The molecule has 1 saturated carbocycles. The van der Waals surface area contributed by atoms with Gasteiger partial charge in [0.25, 0.3) is 0 Å². The number of halogens is 1. The molecule has 5 rings (SSSR count). The molecule has 1 atom stereocenters. The van der Waals surface area contributed by atoms with Crippen LogP contribution < -0.4 is 9.62 Å². The largest absolute Gasteiger partial charge is 0.455 e. The van der Waals surface area contributed by atoms with E-state index in [-0.39, 0.29) is 24.4 Å². The third kappa shape index (κ3) is 4.92. The maximum atomic E-state index is 13.6. The van der Waals surface area contributed by atoms with Gasteiger partial charge in [-0.25, -0.2) is 21.2 Å². The molecule has 1 aliphatic heterocycles. The van der Waals surface area contributed by atoms with Crippen LogP contribution in [0.25, 0.3) is 22.3 Å². The van der Waals surface area contributed by atoms with Crippen molar-refractivity contribution < 1.29 is 30.5 Å². The fraction of sp³-hybridized carbons (Fsp3) is 0.375. The van der Waals surface area contributed by atoms with Crippen molar-refractivity contribution in [3.05, 3.63) is 53.3 Å². The molecule has 2 heterocycles. The summed E-state index contributed by atoms with van der Waals surface area (Å²) >= 11 is 0. The number of rotatable bonds is 8. The number of sulfone groups is 1. The van der Waals surface area contributed by atoms with Gasteiger partial charge in [-0.15, -0.1) is 0 Å². The molecule has 0 saturated heterocycles. The number of nitrogens with one attached hydrogen (secondary N) is 1. The van der Waals surface area contributed by atoms with Crippen LogP contribution in [0.3, 0.4) is 0 Å². The van der Waals surface area contributed by atoms with Gasteiger partial charge < -0.3 is 14.6 Å². The number of amidine groups is 1. The Balaban J connectivity index is 1.74. The SMILES string of the molecule is CC1NC(c2c(-c3ccc(F)cc3)oc3cc(N(CCS(C)(=O)=O)S(C)(=O)=O)c(C4CC4)cc23)=NO1. The Morgan fingerprint density at radius 2 is 1.81 bits per heavy atom. The zero-order valence-corrected chi connectivity index (χ0v) is 21.6. The summed E-state index contributed by atoms with van der Waals surface area (Å²) in [5, 5.41) is 8.00. The molecule has 0 radical (unpaired) electrons. The zero-order valence-electron chi connectivity index (χ0n) is 20.0. The van der Waals surface area contributed by atoms with Gasteiger partial charge in [0.15, 0.2) is 12.1 Å². The molecule has 1 aromatic heterocycles. The summed E-state index contributed by atoms with van der Waals surface area (Å²) < 4.78 is 70.2. The van der Waals surface area contributed by atoms with Crippen LogP contribution in [0.4, 0.5) is 10.1 Å². The van der Waals surface area contributed by atoms with Crippen LogP contribution in [0.15, 0.2) is 46.0 Å². The minimum Gasteiger partial charge on any atom is -0.455 e. The van der Waals surface area contributed by atoms with Crippen molar-refractivity contribution in [3.63, 3.8) is 0 Å². The van der Waals surface area contributed by atoms with Crippen LogP contribution in [0, 0.1) is 5.82 Å². The molecule has 192 valence electrons. The second kappa shape index (κ2) is 8.77. The number of oxime groups is 1. The summed E-state index contributed by atoms with van der Waals surface area (Å²) in [6.07, 6.45) is 3.55. The fourth-order valence-corrected chi connectivity index (χ4v) is 5.90. The van der Waals surface area contributed by atoms with Crippen LogP contribution in [-0.2, 0) is 24.7 Å². The van der Waals surface area contributed by atoms with E-state index in [1.165, 1.54) is 12.1 Å². The lowest BCUT2D eigenvalue weighted by atomic mass is 10.00. The highest BCUT2D eigenvalue weighted by molar-refractivity contribution is 7.92. The van der Waals surface area contributed by atoms with E-state index in [1.807, 2.05) is 6.07 Å². The number of benzene rings is 2. The normalized spacial score (nSPS) is 18.1. The Kier molecular flexibility index (Phi) is 5.98. The summed E-state index contributed by atoms with van der Waals surface area (Å²) in [5.74, 6) is 0.305. The Bertz CT molecular complexity index is 1580. The quantitative estimate of drug-likeness (QED) is 0.469. The smallest absolute Gasteiger partial charge is 0.232 e. The predicted octanol–water partition coefficient (Wildman–Crippen LogP) is 3.55. The monoisotopic (exact) mass is 535 g/mol. The predicted molar refractivity (Wildman–Crippen MR) is 136 cm³/mol. The summed E-state index contributed by atoms with van der Waals surface area (Å²) in [6.45, 7) is 1.59. The molecule has 1 fully saturated rings. The second-order valence-electron chi connectivity index (χ2n) is 9.29. The van der Waals surface area contributed by atoms with E-state index in [0.29, 0.717) is 39.4 Å². The number of hydrogen-bond donors (Lipinski definition) is 1. The number of fused-ring (bicyclic) bond motifs is 1. The number of nitrogens with zero attached hydrogens (tertiary/aromatic N) is 2. The molecule has 0 spiro atoms. The summed E-state index contributed by atoms with van der Waals surface area (Å²) in [4.78, 5) is 5.34. The Labute approximate surface area is 208 Å². The van der Waals surface area contributed by atoms with Gasteiger partial charge in [-0.2, -0.15) is 0 Å². The van der Waals surface area contributed by atoms with Gasteiger partial charge >= 0.3 is 0 Å². The molecule has 3 aromatic rings. The topological polar surface area (TPSA) is 118 Å².